The van der Waals surface area contributed by atoms with Crippen molar-refractivity contribution in [3.63, 3.8) is 0 Å². The van der Waals surface area contributed by atoms with Crippen LogP contribution in [-0.4, -0.2) is 22.1 Å². The number of hydrogen-bond acceptors (Lipinski definition) is 2. The average molecular weight is 253 g/mol. The summed E-state index contributed by atoms with van der Waals surface area (Å²) in [5.41, 5.74) is 8.26. The van der Waals surface area contributed by atoms with Crippen LogP contribution in [0.15, 0.2) is 18.3 Å². The number of aromatic nitrogens is 1. The summed E-state index contributed by atoms with van der Waals surface area (Å²) < 4.78 is 0. The van der Waals surface area contributed by atoms with Crippen molar-refractivity contribution in [2.75, 3.05) is 0 Å². The number of fused-ring (bicyclic) bond motifs is 1. The average Bonchev–Trinajstić information content (AvgIpc) is 2.61. The van der Waals surface area contributed by atoms with E-state index < -0.39 is 12.0 Å². The van der Waals surface area contributed by atoms with E-state index in [1.165, 1.54) is 0 Å². The van der Waals surface area contributed by atoms with Gasteiger partial charge in [-0.15, -0.1) is 0 Å². The van der Waals surface area contributed by atoms with Gasteiger partial charge in [-0.3, -0.25) is 4.79 Å². The van der Waals surface area contributed by atoms with Gasteiger partial charge in [0.05, 0.1) is 10.5 Å². The minimum atomic E-state index is -1.00. The smallest absolute Gasteiger partial charge is 0.320 e. The molecule has 4 nitrogen and oxygen atoms in total. The topological polar surface area (TPSA) is 79.1 Å². The molecular formula is C12H13ClN2O2. The van der Waals surface area contributed by atoms with Crippen LogP contribution in [0.3, 0.4) is 0 Å². The molecule has 0 saturated heterocycles. The number of hydrogen-bond donors (Lipinski definition) is 3. The van der Waals surface area contributed by atoms with Gasteiger partial charge in [-0.25, -0.2) is 0 Å². The third kappa shape index (κ3) is 2.28. The Morgan fingerprint density at radius 2 is 2.29 bits per heavy atom. The predicted molar refractivity (Wildman–Crippen MR) is 67.4 cm³/mol. The molecule has 2 aromatic rings. The molecule has 0 aliphatic heterocycles. The number of carboxylic acids is 1. The summed E-state index contributed by atoms with van der Waals surface area (Å²) in [6.45, 7) is 1.94. The molecule has 1 heterocycles. The Morgan fingerprint density at radius 1 is 1.59 bits per heavy atom. The van der Waals surface area contributed by atoms with Crippen LogP contribution in [-0.2, 0) is 11.2 Å². The highest BCUT2D eigenvalue weighted by atomic mass is 35.5. The van der Waals surface area contributed by atoms with Crippen molar-refractivity contribution < 1.29 is 9.90 Å². The number of carboxylic acid groups (broad SMARTS) is 1. The first-order chi connectivity index (χ1) is 7.99. The molecule has 1 atom stereocenters. The number of aryl methyl sites for hydroxylation is 1. The molecule has 0 aliphatic carbocycles. The Kier molecular flexibility index (Phi) is 3.09. The first kappa shape index (κ1) is 12.0. The van der Waals surface area contributed by atoms with E-state index in [9.17, 15) is 4.79 Å². The summed E-state index contributed by atoms with van der Waals surface area (Å²) >= 11 is 6.10. The number of nitrogens with two attached hydrogens (primary N) is 1. The molecule has 0 spiro atoms. The number of halogens is 1. The Bertz CT molecular complexity index is 577. The quantitative estimate of drug-likeness (QED) is 0.783. The van der Waals surface area contributed by atoms with Crippen LogP contribution >= 0.6 is 11.6 Å². The van der Waals surface area contributed by atoms with Crippen molar-refractivity contribution in [1.29, 1.82) is 0 Å². The third-order valence-electron chi connectivity index (χ3n) is 2.73. The van der Waals surface area contributed by atoms with Crippen LogP contribution in [0.2, 0.25) is 5.02 Å². The number of aromatic amines is 1. The monoisotopic (exact) mass is 252 g/mol. The van der Waals surface area contributed by atoms with Crippen molar-refractivity contribution in [3.05, 3.63) is 34.5 Å². The molecule has 1 aromatic carbocycles. The maximum atomic E-state index is 10.7. The van der Waals surface area contributed by atoms with Crippen LogP contribution in [0.5, 0.6) is 0 Å². The first-order valence-electron chi connectivity index (χ1n) is 5.23. The van der Waals surface area contributed by atoms with E-state index in [1.54, 1.807) is 6.20 Å². The molecule has 4 N–H and O–H groups in total. The van der Waals surface area contributed by atoms with Crippen molar-refractivity contribution in [2.24, 2.45) is 5.73 Å². The summed E-state index contributed by atoms with van der Waals surface area (Å²) in [4.78, 5) is 13.8. The number of rotatable bonds is 3. The van der Waals surface area contributed by atoms with E-state index in [4.69, 9.17) is 22.4 Å². The summed E-state index contributed by atoms with van der Waals surface area (Å²) in [7, 11) is 0. The predicted octanol–water partition coefficient (Wildman–Crippen LogP) is 2.08. The zero-order valence-corrected chi connectivity index (χ0v) is 10.1. The molecule has 0 amide bonds. The van der Waals surface area contributed by atoms with E-state index >= 15 is 0 Å². The van der Waals surface area contributed by atoms with Crippen LogP contribution in [0.4, 0.5) is 0 Å². The SMILES string of the molecule is Cc1cc(Cl)c2[nH]cc(C[C@H](N)C(=O)O)c2c1. The highest BCUT2D eigenvalue weighted by Crippen LogP contribution is 2.27. The lowest BCUT2D eigenvalue weighted by molar-refractivity contribution is -0.138. The second-order valence-electron chi connectivity index (χ2n) is 4.13. The number of carbonyl (C=O) groups is 1. The Morgan fingerprint density at radius 3 is 2.94 bits per heavy atom. The Labute approximate surface area is 103 Å². The van der Waals surface area contributed by atoms with Gasteiger partial charge in [0.25, 0.3) is 0 Å². The lowest BCUT2D eigenvalue weighted by Crippen LogP contribution is -2.32. The summed E-state index contributed by atoms with van der Waals surface area (Å²) in [5, 5.41) is 10.4. The van der Waals surface area contributed by atoms with Gasteiger partial charge in [-0.05, 0) is 30.2 Å². The van der Waals surface area contributed by atoms with Gasteiger partial charge in [-0.2, -0.15) is 0 Å². The van der Waals surface area contributed by atoms with Crippen molar-refractivity contribution in [1.82, 2.24) is 4.98 Å². The second-order valence-corrected chi connectivity index (χ2v) is 4.54. The molecule has 5 heteroatoms. The van der Waals surface area contributed by atoms with E-state index in [-0.39, 0.29) is 6.42 Å². The van der Waals surface area contributed by atoms with Crippen LogP contribution < -0.4 is 5.73 Å². The van der Waals surface area contributed by atoms with Crippen molar-refractivity contribution in [2.45, 2.75) is 19.4 Å². The fraction of sp³-hybridized carbons (Fsp3) is 0.250. The van der Waals surface area contributed by atoms with Crippen molar-refractivity contribution >= 4 is 28.5 Å². The maximum Gasteiger partial charge on any atom is 0.320 e. The van der Waals surface area contributed by atoms with Gasteiger partial charge in [0.2, 0.25) is 0 Å². The Hall–Kier alpha value is -1.52. The van der Waals surface area contributed by atoms with Gasteiger partial charge in [0.1, 0.15) is 6.04 Å². The van der Waals surface area contributed by atoms with Crippen LogP contribution in [0, 0.1) is 6.92 Å². The molecule has 0 radical (unpaired) electrons. The lowest BCUT2D eigenvalue weighted by atomic mass is 10.0. The minimum absolute atomic E-state index is 0.287. The van der Waals surface area contributed by atoms with Gasteiger partial charge in [-0.1, -0.05) is 11.6 Å². The van der Waals surface area contributed by atoms with Gasteiger partial charge in [0.15, 0.2) is 0 Å². The number of H-pyrrole nitrogens is 1. The molecule has 0 saturated carbocycles. The number of benzene rings is 1. The molecular weight excluding hydrogens is 240 g/mol. The molecule has 0 fully saturated rings. The summed E-state index contributed by atoms with van der Waals surface area (Å²) in [5.74, 6) is -1.00. The highest BCUT2D eigenvalue weighted by Gasteiger charge is 2.15. The van der Waals surface area contributed by atoms with Crippen LogP contribution in [0.25, 0.3) is 10.9 Å². The van der Waals surface area contributed by atoms with E-state index in [0.29, 0.717) is 5.02 Å². The highest BCUT2D eigenvalue weighted by molar-refractivity contribution is 6.35. The number of nitrogens with one attached hydrogen (secondary N) is 1. The van der Waals surface area contributed by atoms with Crippen molar-refractivity contribution in [3.8, 4) is 0 Å². The molecule has 2 rings (SSSR count). The lowest BCUT2D eigenvalue weighted by Gasteiger charge is -2.05. The standard InChI is InChI=1S/C12H13ClN2O2/c1-6-2-8-7(4-10(14)12(16)17)5-15-11(8)9(13)3-6/h2-3,5,10,15H,4,14H2,1H3,(H,16,17)/t10-/m0/s1. The van der Waals surface area contributed by atoms with E-state index in [0.717, 1.165) is 22.0 Å². The zero-order valence-electron chi connectivity index (χ0n) is 9.33. The molecule has 0 aliphatic rings. The first-order valence-corrected chi connectivity index (χ1v) is 5.61. The van der Waals surface area contributed by atoms with E-state index in [2.05, 4.69) is 4.98 Å². The normalized spacial score (nSPS) is 12.9. The fourth-order valence-electron chi connectivity index (χ4n) is 1.87. The molecule has 90 valence electrons. The largest absolute Gasteiger partial charge is 0.480 e. The summed E-state index contributed by atoms with van der Waals surface area (Å²) in [6.07, 6.45) is 2.05. The van der Waals surface area contributed by atoms with Crippen LogP contribution in [0.1, 0.15) is 11.1 Å². The summed E-state index contributed by atoms with van der Waals surface area (Å²) in [6, 6.07) is 2.94. The fourth-order valence-corrected chi connectivity index (χ4v) is 2.20. The third-order valence-corrected chi connectivity index (χ3v) is 3.03. The van der Waals surface area contributed by atoms with Gasteiger partial charge >= 0.3 is 5.97 Å². The van der Waals surface area contributed by atoms with Gasteiger partial charge in [0, 0.05) is 18.0 Å². The van der Waals surface area contributed by atoms with E-state index in [1.807, 2.05) is 19.1 Å². The molecule has 0 unspecified atom stereocenters. The molecule has 0 bridgehead atoms. The van der Waals surface area contributed by atoms with Gasteiger partial charge < -0.3 is 15.8 Å². The number of aliphatic carboxylic acids is 1. The maximum absolute atomic E-state index is 10.7. The molecule has 1 aromatic heterocycles. The Balaban J connectivity index is 2.45. The molecule has 17 heavy (non-hydrogen) atoms. The minimum Gasteiger partial charge on any atom is -0.480 e. The second kappa shape index (κ2) is 4.39. The zero-order chi connectivity index (χ0) is 12.6.